The third-order valence-electron chi connectivity index (χ3n) is 2.38. The number of halogens is 1. The van der Waals surface area contributed by atoms with Crippen LogP contribution in [-0.4, -0.2) is 35.8 Å². The molecule has 0 unspecified atom stereocenters. The summed E-state index contributed by atoms with van der Waals surface area (Å²) in [4.78, 5) is 27.2. The predicted octanol–water partition coefficient (Wildman–Crippen LogP) is 1.83. The van der Waals surface area contributed by atoms with E-state index in [4.69, 9.17) is 4.74 Å². The van der Waals surface area contributed by atoms with Gasteiger partial charge in [0.25, 0.3) is 0 Å². The van der Waals surface area contributed by atoms with Gasteiger partial charge in [-0.3, -0.25) is 4.98 Å². The number of alkyl carbamates (subject to hydrolysis) is 1. The van der Waals surface area contributed by atoms with Gasteiger partial charge in [-0.2, -0.15) is 0 Å². The first-order valence-corrected chi connectivity index (χ1v) is 6.39. The number of carbonyl (C=O) groups excluding carboxylic acids is 2. The van der Waals surface area contributed by atoms with Gasteiger partial charge in [0.1, 0.15) is 17.5 Å². The van der Waals surface area contributed by atoms with E-state index in [0.29, 0.717) is 5.69 Å². The number of rotatable bonds is 4. The second kappa shape index (κ2) is 7.01. The van der Waals surface area contributed by atoms with Crippen LogP contribution < -0.4 is 5.32 Å². The quantitative estimate of drug-likeness (QED) is 0.858. The lowest BCUT2D eigenvalue weighted by Gasteiger charge is -2.22. The van der Waals surface area contributed by atoms with Crippen molar-refractivity contribution in [2.24, 2.45) is 0 Å². The molecule has 21 heavy (non-hydrogen) atoms. The summed E-state index contributed by atoms with van der Waals surface area (Å²) in [6, 6.07) is 1.70. The fourth-order valence-corrected chi connectivity index (χ4v) is 1.52. The molecule has 0 fully saturated rings. The molecular formula is C14H19FN2O4. The Morgan fingerprint density at radius 1 is 1.38 bits per heavy atom. The molecule has 0 bridgehead atoms. The van der Waals surface area contributed by atoms with E-state index in [2.05, 4.69) is 15.0 Å². The van der Waals surface area contributed by atoms with E-state index in [1.54, 1.807) is 20.8 Å². The van der Waals surface area contributed by atoms with Crippen molar-refractivity contribution in [3.63, 3.8) is 0 Å². The molecule has 0 aliphatic heterocycles. The highest BCUT2D eigenvalue weighted by Crippen LogP contribution is 2.08. The van der Waals surface area contributed by atoms with E-state index < -0.39 is 29.5 Å². The highest BCUT2D eigenvalue weighted by Gasteiger charge is 2.25. The minimum atomic E-state index is -0.956. The van der Waals surface area contributed by atoms with Crippen LogP contribution in [-0.2, 0) is 20.7 Å². The average Bonchev–Trinajstić information content (AvgIpc) is 2.37. The topological polar surface area (TPSA) is 77.5 Å². The van der Waals surface area contributed by atoms with Crippen molar-refractivity contribution in [3.05, 3.63) is 29.8 Å². The van der Waals surface area contributed by atoms with Crippen LogP contribution in [0.25, 0.3) is 0 Å². The molecule has 0 saturated carbocycles. The second-order valence-corrected chi connectivity index (χ2v) is 5.39. The number of carbonyl (C=O) groups is 2. The van der Waals surface area contributed by atoms with Crippen molar-refractivity contribution >= 4 is 12.1 Å². The number of hydrogen-bond acceptors (Lipinski definition) is 5. The van der Waals surface area contributed by atoms with Gasteiger partial charge < -0.3 is 14.8 Å². The molecule has 0 saturated heterocycles. The van der Waals surface area contributed by atoms with Crippen LogP contribution in [0, 0.1) is 5.82 Å². The lowest BCUT2D eigenvalue weighted by molar-refractivity contribution is -0.143. The van der Waals surface area contributed by atoms with Crippen molar-refractivity contribution in [2.75, 3.05) is 7.11 Å². The summed E-state index contributed by atoms with van der Waals surface area (Å²) in [5.41, 5.74) is -0.235. The Hall–Kier alpha value is -2.18. The van der Waals surface area contributed by atoms with Gasteiger partial charge in [0.2, 0.25) is 0 Å². The second-order valence-electron chi connectivity index (χ2n) is 5.39. The first-order chi connectivity index (χ1) is 9.71. The number of esters is 1. The Morgan fingerprint density at radius 2 is 2.05 bits per heavy atom. The molecule has 1 heterocycles. The number of amides is 1. The van der Waals surface area contributed by atoms with Crippen molar-refractivity contribution in [2.45, 2.75) is 38.8 Å². The monoisotopic (exact) mass is 298 g/mol. The van der Waals surface area contributed by atoms with Gasteiger partial charge >= 0.3 is 12.1 Å². The molecule has 0 aliphatic rings. The molecule has 116 valence electrons. The van der Waals surface area contributed by atoms with Crippen LogP contribution in [0.5, 0.6) is 0 Å². The minimum absolute atomic E-state index is 0.0756. The summed E-state index contributed by atoms with van der Waals surface area (Å²) >= 11 is 0. The molecule has 1 atom stereocenters. The molecule has 6 nitrogen and oxygen atoms in total. The molecule has 1 aromatic rings. The highest BCUT2D eigenvalue weighted by molar-refractivity contribution is 5.81. The van der Waals surface area contributed by atoms with Gasteiger partial charge in [-0.05, 0) is 32.9 Å². The maximum atomic E-state index is 12.8. The SMILES string of the molecule is COC(=O)[C@@H](Cc1ccc(F)cn1)NC(=O)OC(C)(C)C. The third kappa shape index (κ3) is 6.20. The Morgan fingerprint density at radius 3 is 2.52 bits per heavy atom. The van der Waals surface area contributed by atoms with Crippen molar-refractivity contribution in [3.8, 4) is 0 Å². The van der Waals surface area contributed by atoms with Crippen molar-refractivity contribution < 1.29 is 23.5 Å². The van der Waals surface area contributed by atoms with Gasteiger partial charge in [0, 0.05) is 12.1 Å². The summed E-state index contributed by atoms with van der Waals surface area (Å²) in [5.74, 6) is -1.11. The maximum absolute atomic E-state index is 12.8. The smallest absolute Gasteiger partial charge is 0.408 e. The van der Waals surface area contributed by atoms with Crippen molar-refractivity contribution in [1.82, 2.24) is 10.3 Å². The third-order valence-corrected chi connectivity index (χ3v) is 2.38. The number of aromatic nitrogens is 1. The van der Waals surface area contributed by atoms with Crippen molar-refractivity contribution in [1.29, 1.82) is 0 Å². The largest absolute Gasteiger partial charge is 0.467 e. The molecule has 0 aliphatic carbocycles. The Labute approximate surface area is 122 Å². The van der Waals surface area contributed by atoms with Crippen LogP contribution in [0.3, 0.4) is 0 Å². The molecule has 0 spiro atoms. The van der Waals surface area contributed by atoms with E-state index in [-0.39, 0.29) is 6.42 Å². The molecule has 1 amide bonds. The van der Waals surface area contributed by atoms with E-state index in [0.717, 1.165) is 6.20 Å². The summed E-state index contributed by atoms with van der Waals surface area (Å²) < 4.78 is 22.5. The fourth-order valence-electron chi connectivity index (χ4n) is 1.52. The van der Waals surface area contributed by atoms with Gasteiger partial charge in [-0.15, -0.1) is 0 Å². The number of methoxy groups -OCH3 is 1. The number of ether oxygens (including phenoxy) is 2. The minimum Gasteiger partial charge on any atom is -0.467 e. The normalized spacial score (nSPS) is 12.4. The number of nitrogens with zero attached hydrogens (tertiary/aromatic N) is 1. The molecule has 1 aromatic heterocycles. The van der Waals surface area contributed by atoms with E-state index in [1.807, 2.05) is 0 Å². The molecule has 0 radical (unpaired) electrons. The molecule has 0 aromatic carbocycles. The van der Waals surface area contributed by atoms with Crippen LogP contribution in [0.4, 0.5) is 9.18 Å². The van der Waals surface area contributed by atoms with Crippen LogP contribution in [0.2, 0.25) is 0 Å². The van der Waals surface area contributed by atoms with Crippen LogP contribution in [0.1, 0.15) is 26.5 Å². The number of nitrogens with one attached hydrogen (secondary N) is 1. The first-order valence-electron chi connectivity index (χ1n) is 6.39. The Balaban J connectivity index is 2.74. The molecule has 7 heteroatoms. The lowest BCUT2D eigenvalue weighted by Crippen LogP contribution is -2.45. The van der Waals surface area contributed by atoms with Gasteiger partial charge in [-0.25, -0.2) is 14.0 Å². The maximum Gasteiger partial charge on any atom is 0.408 e. The van der Waals surface area contributed by atoms with E-state index in [9.17, 15) is 14.0 Å². The van der Waals surface area contributed by atoms with Gasteiger partial charge in [0.15, 0.2) is 0 Å². The fraction of sp³-hybridized carbons (Fsp3) is 0.500. The lowest BCUT2D eigenvalue weighted by atomic mass is 10.1. The van der Waals surface area contributed by atoms with Gasteiger partial charge in [-0.1, -0.05) is 0 Å². The first kappa shape index (κ1) is 16.9. The molecule has 1 N–H and O–H groups in total. The molecular weight excluding hydrogens is 279 g/mol. The predicted molar refractivity (Wildman–Crippen MR) is 73.1 cm³/mol. The van der Waals surface area contributed by atoms with Crippen LogP contribution >= 0.6 is 0 Å². The molecule has 1 rings (SSSR count). The number of hydrogen-bond donors (Lipinski definition) is 1. The van der Waals surface area contributed by atoms with Crippen LogP contribution in [0.15, 0.2) is 18.3 Å². The zero-order valence-corrected chi connectivity index (χ0v) is 12.5. The zero-order valence-electron chi connectivity index (χ0n) is 12.5. The van der Waals surface area contributed by atoms with E-state index in [1.165, 1.54) is 19.2 Å². The highest BCUT2D eigenvalue weighted by atomic mass is 19.1. The summed E-state index contributed by atoms with van der Waals surface area (Å²) in [5, 5.41) is 2.42. The summed E-state index contributed by atoms with van der Waals surface area (Å²) in [6.07, 6.45) is 0.378. The number of pyridine rings is 1. The zero-order chi connectivity index (χ0) is 16.0. The summed E-state index contributed by atoms with van der Waals surface area (Å²) in [7, 11) is 1.21. The van der Waals surface area contributed by atoms with Gasteiger partial charge in [0.05, 0.1) is 13.3 Å². The standard InChI is InChI=1S/C14H19FN2O4/c1-14(2,3)21-13(19)17-11(12(18)20-4)7-10-6-5-9(15)8-16-10/h5-6,8,11H,7H2,1-4H3,(H,17,19)/t11-/m1/s1. The Bertz CT molecular complexity index is 497. The average molecular weight is 298 g/mol. The van der Waals surface area contributed by atoms with E-state index >= 15 is 0 Å². The summed E-state index contributed by atoms with van der Waals surface area (Å²) in [6.45, 7) is 5.13. The Kier molecular flexibility index (Phi) is 5.63.